The van der Waals surface area contributed by atoms with E-state index in [9.17, 15) is 43.9 Å². The van der Waals surface area contributed by atoms with Crippen LogP contribution in [0.25, 0.3) is 0 Å². The van der Waals surface area contributed by atoms with Crippen LogP contribution in [0.2, 0.25) is 0 Å². The Kier molecular flexibility index (Phi) is 3.47. The molecule has 0 fully saturated rings. The minimum absolute atomic E-state index is 4.87. The molecule has 0 heterocycles. The van der Waals surface area contributed by atoms with Gasteiger partial charge in [-0.1, -0.05) is 0 Å². The smallest absolute Gasteiger partial charge is 0.359 e. The Morgan fingerprint density at radius 1 is 0.688 bits per heavy atom. The molecule has 0 aliphatic rings. The average Bonchev–Trinajstić information content (AvgIpc) is 2.00. The number of alkyl halides is 10. The monoisotopic (exact) mass is 268 g/mol. The molecule has 0 amide bonds. The van der Waals surface area contributed by atoms with Gasteiger partial charge in [-0.15, -0.1) is 0 Å². The van der Waals surface area contributed by atoms with Crippen LogP contribution in [0, 0.1) is 0 Å². The molecule has 0 aromatic carbocycles. The van der Waals surface area contributed by atoms with Crippen molar-refractivity contribution in [2.24, 2.45) is 0 Å². The molecule has 0 saturated heterocycles. The first-order valence-corrected chi connectivity index (χ1v) is 3.22. The van der Waals surface area contributed by atoms with Gasteiger partial charge in [-0.05, 0) is 0 Å². The largest absolute Gasteiger partial charge is 0.460 e. The molecule has 0 spiro atoms. The highest BCUT2D eigenvalue weighted by Gasteiger charge is 2.83. The second-order valence-corrected chi connectivity index (χ2v) is 2.61. The first-order valence-electron chi connectivity index (χ1n) is 3.22. The highest BCUT2D eigenvalue weighted by atomic mass is 19.4. The second-order valence-electron chi connectivity index (χ2n) is 2.61. The van der Waals surface area contributed by atoms with E-state index >= 15 is 0 Å². The fourth-order valence-corrected chi connectivity index (χ4v) is 0.537. The number of aliphatic hydroxyl groups excluding tert-OH is 1. The lowest BCUT2D eigenvalue weighted by atomic mass is 10.0. The van der Waals surface area contributed by atoms with Gasteiger partial charge in [0.25, 0.3) is 6.36 Å². The molecule has 0 aromatic heterocycles. The standard InChI is InChI=1S/C5H2F10O/c6-1(16)2(7,8)3(9,10)4(11,12)5(13,14)15/h1,16H. The summed E-state index contributed by atoms with van der Waals surface area (Å²) in [7, 11) is 0. The van der Waals surface area contributed by atoms with E-state index in [1.807, 2.05) is 0 Å². The van der Waals surface area contributed by atoms with Gasteiger partial charge in [-0.3, -0.25) is 0 Å². The summed E-state index contributed by atoms with van der Waals surface area (Å²) < 4.78 is 118. The predicted molar refractivity (Wildman–Crippen MR) is 28.0 cm³/mol. The minimum atomic E-state index is -7.18. The van der Waals surface area contributed by atoms with Gasteiger partial charge in [-0.2, -0.15) is 39.5 Å². The molecule has 11 heteroatoms. The molecule has 0 aliphatic heterocycles. The highest BCUT2D eigenvalue weighted by molar-refractivity contribution is 5.01. The molecule has 0 bridgehead atoms. The molecule has 0 saturated carbocycles. The zero-order valence-electron chi connectivity index (χ0n) is 6.80. The molecule has 16 heavy (non-hydrogen) atoms. The normalized spacial score (nSPS) is 17.4. The van der Waals surface area contributed by atoms with Crippen LogP contribution in [0.4, 0.5) is 43.9 Å². The summed E-state index contributed by atoms with van der Waals surface area (Å²) in [6.45, 7) is 0. The van der Waals surface area contributed by atoms with E-state index in [4.69, 9.17) is 5.11 Å². The van der Waals surface area contributed by atoms with Gasteiger partial charge in [0.1, 0.15) is 0 Å². The minimum Gasteiger partial charge on any atom is -0.359 e. The molecule has 1 nitrogen and oxygen atoms in total. The number of halogens is 10. The second kappa shape index (κ2) is 3.64. The Morgan fingerprint density at radius 2 is 1.00 bits per heavy atom. The van der Waals surface area contributed by atoms with Crippen molar-refractivity contribution in [3.8, 4) is 0 Å². The maximum Gasteiger partial charge on any atom is 0.460 e. The van der Waals surface area contributed by atoms with Crippen LogP contribution in [-0.4, -0.2) is 35.4 Å². The van der Waals surface area contributed by atoms with E-state index in [2.05, 4.69) is 0 Å². The summed E-state index contributed by atoms with van der Waals surface area (Å²) in [6.07, 6.45) is -11.9. The highest BCUT2D eigenvalue weighted by Crippen LogP contribution is 2.54. The van der Waals surface area contributed by atoms with Crippen LogP contribution in [0.15, 0.2) is 0 Å². The van der Waals surface area contributed by atoms with E-state index in [0.29, 0.717) is 0 Å². The zero-order chi connectivity index (χ0) is 13.6. The van der Waals surface area contributed by atoms with Crippen molar-refractivity contribution in [1.82, 2.24) is 0 Å². The third kappa shape index (κ3) is 1.92. The van der Waals surface area contributed by atoms with Gasteiger partial charge >= 0.3 is 23.9 Å². The van der Waals surface area contributed by atoms with Crippen molar-refractivity contribution < 1.29 is 49.0 Å². The zero-order valence-corrected chi connectivity index (χ0v) is 6.80. The maximum atomic E-state index is 12.1. The SMILES string of the molecule is OC(F)C(F)(F)C(F)(F)C(F)(F)C(F)(F)F. The van der Waals surface area contributed by atoms with Crippen molar-refractivity contribution in [1.29, 1.82) is 0 Å². The Morgan fingerprint density at radius 3 is 1.19 bits per heavy atom. The van der Waals surface area contributed by atoms with E-state index in [0.717, 1.165) is 0 Å². The van der Waals surface area contributed by atoms with Crippen LogP contribution in [0.1, 0.15) is 0 Å². The van der Waals surface area contributed by atoms with Crippen LogP contribution in [0.3, 0.4) is 0 Å². The van der Waals surface area contributed by atoms with Crippen LogP contribution < -0.4 is 0 Å². The van der Waals surface area contributed by atoms with Crippen LogP contribution in [-0.2, 0) is 0 Å². The molecular formula is C5H2F10O. The molecule has 1 N–H and O–H groups in total. The van der Waals surface area contributed by atoms with Gasteiger partial charge in [-0.25, -0.2) is 4.39 Å². The molecule has 0 aliphatic carbocycles. The molecule has 0 aromatic rings. The van der Waals surface area contributed by atoms with E-state index in [1.54, 1.807) is 0 Å². The Hall–Kier alpha value is -0.740. The first kappa shape index (κ1) is 15.3. The van der Waals surface area contributed by atoms with Gasteiger partial charge < -0.3 is 5.11 Å². The number of aliphatic hydroxyl groups is 1. The molecule has 1 unspecified atom stereocenters. The van der Waals surface area contributed by atoms with Crippen LogP contribution >= 0.6 is 0 Å². The van der Waals surface area contributed by atoms with E-state index in [1.165, 1.54) is 0 Å². The maximum absolute atomic E-state index is 12.1. The van der Waals surface area contributed by atoms with E-state index in [-0.39, 0.29) is 0 Å². The van der Waals surface area contributed by atoms with Crippen molar-refractivity contribution in [3.63, 3.8) is 0 Å². The number of rotatable bonds is 3. The summed E-state index contributed by atoms with van der Waals surface area (Å²) in [5.74, 6) is -20.9. The van der Waals surface area contributed by atoms with E-state index < -0.39 is 30.3 Å². The summed E-state index contributed by atoms with van der Waals surface area (Å²) in [4.78, 5) is 0. The van der Waals surface area contributed by atoms with Crippen molar-refractivity contribution >= 4 is 0 Å². The van der Waals surface area contributed by atoms with Gasteiger partial charge in [0.2, 0.25) is 0 Å². The van der Waals surface area contributed by atoms with Crippen molar-refractivity contribution in [3.05, 3.63) is 0 Å². The lowest BCUT2D eigenvalue weighted by Gasteiger charge is -2.33. The van der Waals surface area contributed by atoms with Crippen molar-refractivity contribution in [2.75, 3.05) is 0 Å². The molecule has 98 valence electrons. The molecular weight excluding hydrogens is 266 g/mol. The quantitative estimate of drug-likeness (QED) is 0.780. The first-order chi connectivity index (χ1) is 6.69. The summed E-state index contributed by atoms with van der Waals surface area (Å²) >= 11 is 0. The Bertz CT molecular complexity index is 252. The number of hydrogen-bond acceptors (Lipinski definition) is 1. The van der Waals surface area contributed by atoms with Gasteiger partial charge in [0.15, 0.2) is 0 Å². The fraction of sp³-hybridized carbons (Fsp3) is 1.00. The molecule has 0 rings (SSSR count). The van der Waals surface area contributed by atoms with Gasteiger partial charge in [0, 0.05) is 0 Å². The molecule has 1 atom stereocenters. The average molecular weight is 268 g/mol. The fourth-order valence-electron chi connectivity index (χ4n) is 0.537. The summed E-state index contributed by atoms with van der Waals surface area (Å²) in [5.41, 5.74) is 0. The summed E-state index contributed by atoms with van der Waals surface area (Å²) in [6, 6.07) is 0. The third-order valence-corrected chi connectivity index (χ3v) is 1.47. The number of hydrogen-bond donors (Lipinski definition) is 1. The Labute approximate surface area is 80.6 Å². The lowest BCUT2D eigenvalue weighted by Crippen LogP contribution is -2.63. The lowest BCUT2D eigenvalue weighted by molar-refractivity contribution is -0.413. The van der Waals surface area contributed by atoms with Crippen LogP contribution in [0.5, 0.6) is 0 Å². The summed E-state index contributed by atoms with van der Waals surface area (Å²) in [5, 5.41) is 7.45. The third-order valence-electron chi connectivity index (χ3n) is 1.47. The van der Waals surface area contributed by atoms with Crippen molar-refractivity contribution in [2.45, 2.75) is 30.3 Å². The van der Waals surface area contributed by atoms with Gasteiger partial charge in [0.05, 0.1) is 0 Å². The topological polar surface area (TPSA) is 20.2 Å². The molecule has 0 radical (unpaired) electrons. The predicted octanol–water partition coefficient (Wildman–Crippen LogP) is 2.74. The Balaban J connectivity index is 5.53.